The third-order valence-electron chi connectivity index (χ3n) is 2.80. The molecule has 0 aliphatic heterocycles. The maximum absolute atomic E-state index is 11.3. The molecule has 0 unspecified atom stereocenters. The molecule has 1 aromatic heterocycles. The monoisotopic (exact) mass is 262 g/mol. The van der Waals surface area contributed by atoms with E-state index in [0.717, 1.165) is 22.8 Å². The number of Topliss-reactive ketones (excluding diaryl/α,β-unsaturated/α-hetero) is 1. The van der Waals surface area contributed by atoms with Crippen LogP contribution in [0.1, 0.15) is 35.7 Å². The molecule has 0 atom stereocenters. The fraction of sp³-hybridized carbons (Fsp3) is 0.286. The van der Waals surface area contributed by atoms with Crippen molar-refractivity contribution in [2.75, 3.05) is 0 Å². The van der Waals surface area contributed by atoms with Crippen LogP contribution in [0, 0.1) is 0 Å². The summed E-state index contributed by atoms with van der Waals surface area (Å²) in [6.07, 6.45) is 2.62. The third-order valence-corrected chi connectivity index (χ3v) is 3.05. The van der Waals surface area contributed by atoms with Gasteiger partial charge in [0.05, 0.1) is 0 Å². The number of imidazole rings is 1. The molecule has 0 amide bonds. The van der Waals surface area contributed by atoms with Gasteiger partial charge in [-0.3, -0.25) is 4.79 Å². The maximum Gasteiger partial charge on any atom is 0.179 e. The molecule has 2 aromatic rings. The standard InChI is InChI=1S/C14H15ClN2O/c1-3-14-16-13(10(2)18)9-17(14)8-11-4-6-12(15)7-5-11/h4-7,9H,3,8H2,1-2H3. The van der Waals surface area contributed by atoms with Gasteiger partial charge in [0.1, 0.15) is 11.5 Å². The number of hydrogen-bond donors (Lipinski definition) is 0. The minimum atomic E-state index is -0.000411. The topological polar surface area (TPSA) is 34.9 Å². The van der Waals surface area contributed by atoms with Gasteiger partial charge in [-0.25, -0.2) is 4.98 Å². The van der Waals surface area contributed by atoms with Gasteiger partial charge in [0.15, 0.2) is 5.78 Å². The maximum atomic E-state index is 11.3. The number of aryl methyl sites for hydroxylation is 1. The highest BCUT2D eigenvalue weighted by Gasteiger charge is 2.09. The first-order valence-corrected chi connectivity index (χ1v) is 6.29. The molecule has 3 nitrogen and oxygen atoms in total. The second-order valence-corrected chi connectivity index (χ2v) is 4.64. The molecule has 94 valence electrons. The zero-order chi connectivity index (χ0) is 13.1. The lowest BCUT2D eigenvalue weighted by atomic mass is 10.2. The Morgan fingerprint density at radius 2 is 2.00 bits per heavy atom. The van der Waals surface area contributed by atoms with Crippen LogP contribution in [0.15, 0.2) is 30.5 Å². The predicted octanol–water partition coefficient (Wildman–Crippen LogP) is 3.35. The fourth-order valence-corrected chi connectivity index (χ4v) is 1.96. The molecule has 18 heavy (non-hydrogen) atoms. The Hall–Kier alpha value is -1.61. The molecule has 1 aromatic carbocycles. The highest BCUT2D eigenvalue weighted by molar-refractivity contribution is 6.30. The van der Waals surface area contributed by atoms with Gasteiger partial charge in [0.2, 0.25) is 0 Å². The van der Waals surface area contributed by atoms with E-state index in [1.54, 1.807) is 0 Å². The van der Waals surface area contributed by atoms with Crippen molar-refractivity contribution >= 4 is 17.4 Å². The van der Waals surface area contributed by atoms with Crippen molar-refractivity contribution in [3.05, 3.63) is 52.6 Å². The molecule has 0 saturated carbocycles. The van der Waals surface area contributed by atoms with Gasteiger partial charge in [-0.15, -0.1) is 0 Å². The van der Waals surface area contributed by atoms with Crippen LogP contribution in [0.5, 0.6) is 0 Å². The Labute approximate surface area is 111 Å². The van der Waals surface area contributed by atoms with Gasteiger partial charge in [-0.1, -0.05) is 30.7 Å². The summed E-state index contributed by atoms with van der Waals surface area (Å²) in [4.78, 5) is 15.7. The molecule has 0 fully saturated rings. The molecule has 0 aliphatic carbocycles. The van der Waals surface area contributed by atoms with Crippen molar-refractivity contribution in [1.82, 2.24) is 9.55 Å². The van der Waals surface area contributed by atoms with E-state index in [2.05, 4.69) is 4.98 Å². The van der Waals surface area contributed by atoms with E-state index in [0.29, 0.717) is 12.2 Å². The minimum Gasteiger partial charge on any atom is -0.330 e. The molecule has 0 saturated heterocycles. The van der Waals surface area contributed by atoms with Gasteiger partial charge in [-0.2, -0.15) is 0 Å². The average molecular weight is 263 g/mol. The average Bonchev–Trinajstić information content (AvgIpc) is 2.75. The lowest BCUT2D eigenvalue weighted by Gasteiger charge is -2.06. The van der Waals surface area contributed by atoms with Crippen LogP contribution in [-0.4, -0.2) is 15.3 Å². The van der Waals surface area contributed by atoms with Crippen LogP contribution in [0.3, 0.4) is 0 Å². The zero-order valence-electron chi connectivity index (χ0n) is 10.5. The van der Waals surface area contributed by atoms with E-state index in [1.165, 1.54) is 6.92 Å². The highest BCUT2D eigenvalue weighted by Crippen LogP contribution is 2.13. The Bertz CT molecular complexity index is 558. The van der Waals surface area contributed by atoms with Gasteiger partial charge >= 0.3 is 0 Å². The third kappa shape index (κ3) is 2.79. The summed E-state index contributed by atoms with van der Waals surface area (Å²) in [5.74, 6) is 0.926. The fourth-order valence-electron chi connectivity index (χ4n) is 1.83. The number of ketones is 1. The number of carbonyl (C=O) groups is 1. The Morgan fingerprint density at radius 1 is 1.33 bits per heavy atom. The summed E-state index contributed by atoms with van der Waals surface area (Å²) in [6, 6.07) is 7.70. The van der Waals surface area contributed by atoms with Gasteiger partial charge in [-0.05, 0) is 17.7 Å². The number of halogens is 1. The van der Waals surface area contributed by atoms with Crippen molar-refractivity contribution in [1.29, 1.82) is 0 Å². The van der Waals surface area contributed by atoms with Crippen molar-refractivity contribution in [3.63, 3.8) is 0 Å². The van der Waals surface area contributed by atoms with Crippen LogP contribution in [0.25, 0.3) is 0 Å². The first-order chi connectivity index (χ1) is 8.60. The summed E-state index contributed by atoms with van der Waals surface area (Å²) < 4.78 is 2.01. The Balaban J connectivity index is 2.27. The first kappa shape index (κ1) is 12.8. The van der Waals surface area contributed by atoms with Gasteiger partial charge in [0, 0.05) is 31.1 Å². The molecule has 2 rings (SSSR count). The number of benzene rings is 1. The number of hydrogen-bond acceptors (Lipinski definition) is 2. The van der Waals surface area contributed by atoms with Crippen LogP contribution < -0.4 is 0 Å². The number of nitrogens with zero attached hydrogens (tertiary/aromatic N) is 2. The van der Waals surface area contributed by atoms with Gasteiger partial charge in [0.25, 0.3) is 0 Å². The molecule has 0 bridgehead atoms. The molecule has 0 N–H and O–H groups in total. The van der Waals surface area contributed by atoms with Crippen LogP contribution in [0.2, 0.25) is 5.02 Å². The van der Waals surface area contributed by atoms with E-state index in [4.69, 9.17) is 11.6 Å². The summed E-state index contributed by atoms with van der Waals surface area (Å²) in [7, 11) is 0. The van der Waals surface area contributed by atoms with Crippen molar-refractivity contribution < 1.29 is 4.79 Å². The summed E-state index contributed by atoms with van der Waals surface area (Å²) in [5, 5.41) is 0.726. The second kappa shape index (κ2) is 5.36. The first-order valence-electron chi connectivity index (χ1n) is 5.91. The molecule has 0 aliphatic rings. The number of aromatic nitrogens is 2. The van der Waals surface area contributed by atoms with Gasteiger partial charge < -0.3 is 4.57 Å². The normalized spacial score (nSPS) is 10.6. The lowest BCUT2D eigenvalue weighted by molar-refractivity contribution is 0.101. The van der Waals surface area contributed by atoms with Crippen LogP contribution in [0.4, 0.5) is 0 Å². The Morgan fingerprint density at radius 3 is 2.56 bits per heavy atom. The molecule has 0 radical (unpaired) electrons. The molecule has 4 heteroatoms. The van der Waals surface area contributed by atoms with Crippen molar-refractivity contribution in [3.8, 4) is 0 Å². The lowest BCUT2D eigenvalue weighted by Crippen LogP contribution is -2.02. The molecular formula is C14H15ClN2O. The van der Waals surface area contributed by atoms with Crippen LogP contribution in [-0.2, 0) is 13.0 Å². The number of rotatable bonds is 4. The van der Waals surface area contributed by atoms with E-state index in [9.17, 15) is 4.79 Å². The van der Waals surface area contributed by atoms with E-state index >= 15 is 0 Å². The van der Waals surface area contributed by atoms with Crippen molar-refractivity contribution in [2.45, 2.75) is 26.8 Å². The zero-order valence-corrected chi connectivity index (χ0v) is 11.2. The quantitative estimate of drug-likeness (QED) is 0.792. The smallest absolute Gasteiger partial charge is 0.179 e. The van der Waals surface area contributed by atoms with E-state index < -0.39 is 0 Å². The van der Waals surface area contributed by atoms with Crippen LogP contribution >= 0.6 is 11.6 Å². The molecule has 0 spiro atoms. The predicted molar refractivity (Wildman–Crippen MR) is 72.2 cm³/mol. The SMILES string of the molecule is CCc1nc(C(C)=O)cn1Cc1ccc(Cl)cc1. The minimum absolute atomic E-state index is 0.000411. The number of carbonyl (C=O) groups excluding carboxylic acids is 1. The van der Waals surface area contributed by atoms with Crippen molar-refractivity contribution in [2.24, 2.45) is 0 Å². The van der Waals surface area contributed by atoms with E-state index in [1.807, 2.05) is 42.0 Å². The molecule has 1 heterocycles. The summed E-state index contributed by atoms with van der Waals surface area (Å²) in [5.41, 5.74) is 1.67. The summed E-state index contributed by atoms with van der Waals surface area (Å²) >= 11 is 5.86. The summed E-state index contributed by atoms with van der Waals surface area (Å²) in [6.45, 7) is 4.28. The Kier molecular flexibility index (Phi) is 3.82. The highest BCUT2D eigenvalue weighted by atomic mass is 35.5. The second-order valence-electron chi connectivity index (χ2n) is 4.21. The van der Waals surface area contributed by atoms with E-state index in [-0.39, 0.29) is 5.78 Å². The molecular weight excluding hydrogens is 248 g/mol. The largest absolute Gasteiger partial charge is 0.330 e.